The normalized spacial score (nSPS) is 11.1. The van der Waals surface area contributed by atoms with Gasteiger partial charge in [-0.05, 0) is 26.3 Å². The summed E-state index contributed by atoms with van der Waals surface area (Å²) in [7, 11) is 0. The second kappa shape index (κ2) is 5.71. The van der Waals surface area contributed by atoms with Crippen LogP contribution in [0.3, 0.4) is 0 Å². The highest BCUT2D eigenvalue weighted by molar-refractivity contribution is 5.32. The molecule has 0 aliphatic carbocycles. The van der Waals surface area contributed by atoms with E-state index in [0.717, 1.165) is 25.3 Å². The van der Waals surface area contributed by atoms with Gasteiger partial charge in [0, 0.05) is 31.0 Å². The van der Waals surface area contributed by atoms with Crippen molar-refractivity contribution in [3.8, 4) is 0 Å². The molecule has 2 aromatic heterocycles. The van der Waals surface area contributed by atoms with Crippen LogP contribution in [0.5, 0.6) is 0 Å². The summed E-state index contributed by atoms with van der Waals surface area (Å²) in [5, 5.41) is 12.1. The highest BCUT2D eigenvalue weighted by Crippen LogP contribution is 2.10. The topological polar surface area (TPSA) is 47.7 Å². The molecule has 0 spiro atoms. The largest absolute Gasteiger partial charge is 0.363 e. The number of hydrogen-bond donors (Lipinski definition) is 1. The Kier molecular flexibility index (Phi) is 4.02. The fourth-order valence-electron chi connectivity index (χ4n) is 1.94. The van der Waals surface area contributed by atoms with Gasteiger partial charge in [-0.2, -0.15) is 10.2 Å². The van der Waals surface area contributed by atoms with Crippen molar-refractivity contribution in [1.82, 2.24) is 19.6 Å². The molecule has 0 aliphatic heterocycles. The van der Waals surface area contributed by atoms with Crippen molar-refractivity contribution in [2.75, 3.05) is 5.32 Å². The number of nitrogens with one attached hydrogen (secondary N) is 1. The van der Waals surface area contributed by atoms with Gasteiger partial charge in [0.2, 0.25) is 0 Å². The summed E-state index contributed by atoms with van der Waals surface area (Å²) in [6, 6.07) is 4.43. The average molecular weight is 247 g/mol. The van der Waals surface area contributed by atoms with E-state index < -0.39 is 0 Å². The summed E-state index contributed by atoms with van der Waals surface area (Å²) in [5.74, 6) is 0.917. The third-order valence-electron chi connectivity index (χ3n) is 2.79. The van der Waals surface area contributed by atoms with Crippen LogP contribution in [0, 0.1) is 0 Å². The lowest BCUT2D eigenvalue weighted by atomic mass is 10.3. The van der Waals surface area contributed by atoms with Crippen LogP contribution in [0.25, 0.3) is 0 Å². The van der Waals surface area contributed by atoms with Gasteiger partial charge in [0.1, 0.15) is 5.82 Å². The summed E-state index contributed by atoms with van der Waals surface area (Å²) in [6.07, 6.45) is 4.94. The Morgan fingerprint density at radius 3 is 2.89 bits per heavy atom. The maximum atomic E-state index is 4.45. The number of hydrogen-bond acceptors (Lipinski definition) is 3. The van der Waals surface area contributed by atoms with Gasteiger partial charge in [0.05, 0.1) is 12.2 Å². The molecule has 0 amide bonds. The summed E-state index contributed by atoms with van der Waals surface area (Å²) >= 11 is 0. The number of aryl methyl sites for hydroxylation is 1. The van der Waals surface area contributed by atoms with Crippen LogP contribution in [0.15, 0.2) is 24.5 Å². The molecule has 2 heterocycles. The standard InChI is InChI=1S/C13H21N5/c1-4-8-17-9-6-13(16-17)14-10-12-5-7-15-18(12)11(2)3/h5-7,9,11H,4,8,10H2,1-3H3,(H,14,16). The molecule has 18 heavy (non-hydrogen) atoms. The van der Waals surface area contributed by atoms with Gasteiger partial charge in [0.15, 0.2) is 0 Å². The Balaban J connectivity index is 1.96. The lowest BCUT2D eigenvalue weighted by Crippen LogP contribution is -2.11. The molecular weight excluding hydrogens is 226 g/mol. The first-order valence-corrected chi connectivity index (χ1v) is 6.50. The molecule has 0 aliphatic rings. The van der Waals surface area contributed by atoms with E-state index in [0.29, 0.717) is 6.04 Å². The Morgan fingerprint density at radius 2 is 2.17 bits per heavy atom. The molecule has 0 fully saturated rings. The fraction of sp³-hybridized carbons (Fsp3) is 0.538. The second-order valence-corrected chi connectivity index (χ2v) is 4.68. The van der Waals surface area contributed by atoms with Crippen LogP contribution >= 0.6 is 0 Å². The zero-order valence-electron chi connectivity index (χ0n) is 11.3. The molecule has 2 aromatic rings. The van der Waals surface area contributed by atoms with Crippen LogP contribution in [0.1, 0.15) is 38.9 Å². The van der Waals surface area contributed by atoms with Crippen LogP contribution < -0.4 is 5.32 Å². The molecule has 5 heteroatoms. The van der Waals surface area contributed by atoms with Crippen molar-refractivity contribution in [2.45, 2.75) is 46.3 Å². The third-order valence-corrected chi connectivity index (χ3v) is 2.79. The maximum absolute atomic E-state index is 4.45. The zero-order chi connectivity index (χ0) is 13.0. The second-order valence-electron chi connectivity index (χ2n) is 4.68. The van der Waals surface area contributed by atoms with E-state index in [2.05, 4.69) is 36.3 Å². The van der Waals surface area contributed by atoms with E-state index in [1.54, 1.807) is 0 Å². The van der Waals surface area contributed by atoms with Gasteiger partial charge in [0.25, 0.3) is 0 Å². The lowest BCUT2D eigenvalue weighted by molar-refractivity contribution is 0.512. The van der Waals surface area contributed by atoms with Gasteiger partial charge in [-0.25, -0.2) is 0 Å². The highest BCUT2D eigenvalue weighted by Gasteiger charge is 2.06. The van der Waals surface area contributed by atoms with Crippen molar-refractivity contribution in [3.63, 3.8) is 0 Å². The van der Waals surface area contributed by atoms with E-state index in [1.165, 1.54) is 5.69 Å². The van der Waals surface area contributed by atoms with E-state index in [4.69, 9.17) is 0 Å². The Bertz CT molecular complexity index is 483. The van der Waals surface area contributed by atoms with Crippen molar-refractivity contribution in [2.24, 2.45) is 0 Å². The Morgan fingerprint density at radius 1 is 1.33 bits per heavy atom. The molecule has 5 nitrogen and oxygen atoms in total. The van der Waals surface area contributed by atoms with Gasteiger partial charge in [-0.1, -0.05) is 6.92 Å². The van der Waals surface area contributed by atoms with Crippen molar-refractivity contribution >= 4 is 5.82 Å². The van der Waals surface area contributed by atoms with Crippen LogP contribution in [-0.2, 0) is 13.1 Å². The minimum absolute atomic E-state index is 0.384. The van der Waals surface area contributed by atoms with Gasteiger partial charge < -0.3 is 5.32 Å². The van der Waals surface area contributed by atoms with E-state index in [9.17, 15) is 0 Å². The van der Waals surface area contributed by atoms with Crippen molar-refractivity contribution < 1.29 is 0 Å². The molecule has 0 unspecified atom stereocenters. The first-order valence-electron chi connectivity index (χ1n) is 6.50. The van der Waals surface area contributed by atoms with Crippen LogP contribution in [0.4, 0.5) is 5.82 Å². The number of aromatic nitrogens is 4. The molecule has 0 saturated carbocycles. The van der Waals surface area contributed by atoms with Crippen molar-refractivity contribution in [3.05, 3.63) is 30.2 Å². The summed E-state index contributed by atoms with van der Waals surface area (Å²) < 4.78 is 3.98. The summed E-state index contributed by atoms with van der Waals surface area (Å²) in [4.78, 5) is 0. The summed E-state index contributed by atoms with van der Waals surface area (Å²) in [5.41, 5.74) is 1.18. The van der Waals surface area contributed by atoms with Gasteiger partial charge in [-0.3, -0.25) is 9.36 Å². The first-order chi connectivity index (χ1) is 8.70. The van der Waals surface area contributed by atoms with E-state index >= 15 is 0 Å². The monoisotopic (exact) mass is 247 g/mol. The number of nitrogens with zero attached hydrogens (tertiary/aromatic N) is 4. The average Bonchev–Trinajstić information content (AvgIpc) is 2.95. The Hall–Kier alpha value is -1.78. The molecule has 1 N–H and O–H groups in total. The lowest BCUT2D eigenvalue weighted by Gasteiger charge is -2.11. The minimum atomic E-state index is 0.384. The fourth-order valence-corrected chi connectivity index (χ4v) is 1.94. The molecule has 0 atom stereocenters. The molecule has 98 valence electrons. The Labute approximate surface area is 108 Å². The smallest absolute Gasteiger partial charge is 0.148 e. The predicted octanol–water partition coefficient (Wildman–Crippen LogP) is 2.68. The quantitative estimate of drug-likeness (QED) is 0.853. The van der Waals surface area contributed by atoms with Gasteiger partial charge in [-0.15, -0.1) is 0 Å². The number of anilines is 1. The SMILES string of the molecule is CCCn1ccc(NCc2ccnn2C(C)C)n1. The molecular formula is C13H21N5. The highest BCUT2D eigenvalue weighted by atomic mass is 15.3. The first kappa shape index (κ1) is 12.7. The molecule has 0 aromatic carbocycles. The van der Waals surface area contributed by atoms with Crippen LogP contribution in [-0.4, -0.2) is 19.6 Å². The molecule has 0 saturated heterocycles. The molecule has 0 radical (unpaired) electrons. The van der Waals surface area contributed by atoms with Crippen LogP contribution in [0.2, 0.25) is 0 Å². The minimum Gasteiger partial charge on any atom is -0.363 e. The van der Waals surface area contributed by atoms with E-state index in [1.807, 2.05) is 33.9 Å². The number of rotatable bonds is 6. The zero-order valence-corrected chi connectivity index (χ0v) is 11.3. The molecule has 0 bridgehead atoms. The van der Waals surface area contributed by atoms with Crippen molar-refractivity contribution in [1.29, 1.82) is 0 Å². The summed E-state index contributed by atoms with van der Waals surface area (Å²) in [6.45, 7) is 8.13. The van der Waals surface area contributed by atoms with E-state index in [-0.39, 0.29) is 0 Å². The maximum Gasteiger partial charge on any atom is 0.148 e. The predicted molar refractivity (Wildman–Crippen MR) is 72.5 cm³/mol. The van der Waals surface area contributed by atoms with Gasteiger partial charge >= 0.3 is 0 Å². The third kappa shape index (κ3) is 2.91. The molecule has 2 rings (SSSR count).